The van der Waals surface area contributed by atoms with Crippen molar-refractivity contribution in [2.75, 3.05) is 0 Å². The SMILES string of the molecule is Cc1ccc(CC23c4ccccc4C(c4ccccc42)c2c(OC(=O)C(C)(C)C)ccc(OC(=O)c4ccncc4)c23)cc1. The molecule has 0 atom stereocenters. The Bertz CT molecular complexity index is 1870. The lowest BCUT2D eigenvalue weighted by Gasteiger charge is -2.51. The second kappa shape index (κ2) is 10.3. The highest BCUT2D eigenvalue weighted by atomic mass is 16.5. The number of carbonyl (C=O) groups excluding carboxylic acids is 2. The number of esters is 2. The van der Waals surface area contributed by atoms with Gasteiger partial charge in [-0.05, 0) is 86.2 Å². The van der Waals surface area contributed by atoms with E-state index in [1.165, 1.54) is 5.56 Å². The first kappa shape index (κ1) is 27.8. The predicted octanol–water partition coefficient (Wildman–Crippen LogP) is 7.94. The standard InChI is InChI=1S/C39H33NO4/c1-24-13-15-25(16-14-24)23-39-29-11-7-5-9-27(29)33(28-10-6-8-12-30(28)39)34-31(44-37(42)38(2,3)4)17-18-32(35(34)39)43-36(41)26-19-21-40-22-20-26/h5-22,33H,23H2,1-4H3. The van der Waals surface area contributed by atoms with Crippen molar-refractivity contribution in [1.29, 1.82) is 0 Å². The topological polar surface area (TPSA) is 65.5 Å². The quantitative estimate of drug-likeness (QED) is 0.156. The lowest BCUT2D eigenvalue weighted by atomic mass is 9.51. The highest BCUT2D eigenvalue weighted by Gasteiger charge is 2.54. The van der Waals surface area contributed by atoms with Crippen molar-refractivity contribution in [3.63, 3.8) is 0 Å². The molecule has 0 N–H and O–H groups in total. The Hall–Kier alpha value is -5.03. The number of hydrogen-bond donors (Lipinski definition) is 0. The molecule has 0 fully saturated rings. The van der Waals surface area contributed by atoms with E-state index in [-0.39, 0.29) is 11.9 Å². The summed E-state index contributed by atoms with van der Waals surface area (Å²) in [5.41, 5.74) is 7.70. The summed E-state index contributed by atoms with van der Waals surface area (Å²) >= 11 is 0. The van der Waals surface area contributed by atoms with Gasteiger partial charge < -0.3 is 9.47 Å². The highest BCUT2D eigenvalue weighted by molar-refractivity contribution is 5.92. The smallest absolute Gasteiger partial charge is 0.343 e. The first-order valence-electron chi connectivity index (χ1n) is 14.9. The third-order valence-electron chi connectivity index (χ3n) is 8.87. The summed E-state index contributed by atoms with van der Waals surface area (Å²) in [7, 11) is 0. The molecule has 0 amide bonds. The van der Waals surface area contributed by atoms with Gasteiger partial charge in [-0.15, -0.1) is 0 Å². The molecule has 0 aliphatic heterocycles. The van der Waals surface area contributed by atoms with Gasteiger partial charge in [0, 0.05) is 29.4 Å². The molecule has 2 bridgehead atoms. The van der Waals surface area contributed by atoms with E-state index in [2.05, 4.69) is 84.7 Å². The molecular weight excluding hydrogens is 546 g/mol. The Morgan fingerprint density at radius 3 is 1.95 bits per heavy atom. The van der Waals surface area contributed by atoms with Crippen LogP contribution in [0.1, 0.15) is 81.6 Å². The normalized spacial score (nSPS) is 17.7. The zero-order valence-corrected chi connectivity index (χ0v) is 25.3. The molecule has 5 aromatic rings. The fourth-order valence-electron chi connectivity index (χ4n) is 6.84. The fourth-order valence-corrected chi connectivity index (χ4v) is 6.84. The molecule has 5 nitrogen and oxygen atoms in total. The van der Waals surface area contributed by atoms with E-state index in [1.807, 2.05) is 20.8 Å². The van der Waals surface area contributed by atoms with Gasteiger partial charge in [0.25, 0.3) is 0 Å². The zero-order chi connectivity index (χ0) is 30.6. The van der Waals surface area contributed by atoms with E-state index in [4.69, 9.17) is 9.47 Å². The van der Waals surface area contributed by atoms with Crippen LogP contribution in [0.4, 0.5) is 0 Å². The van der Waals surface area contributed by atoms with E-state index in [9.17, 15) is 9.59 Å². The van der Waals surface area contributed by atoms with Crippen LogP contribution in [-0.2, 0) is 16.6 Å². The molecule has 0 saturated carbocycles. The summed E-state index contributed by atoms with van der Waals surface area (Å²) in [5.74, 6) is -0.0524. The molecule has 218 valence electrons. The Balaban J connectivity index is 1.54. The van der Waals surface area contributed by atoms with Crippen LogP contribution < -0.4 is 9.47 Å². The molecule has 8 rings (SSSR count). The Morgan fingerprint density at radius 1 is 0.750 bits per heavy atom. The minimum Gasteiger partial charge on any atom is -0.426 e. The third kappa shape index (κ3) is 4.34. The van der Waals surface area contributed by atoms with Crippen molar-refractivity contribution in [3.8, 4) is 11.5 Å². The maximum absolute atomic E-state index is 13.6. The number of benzene rings is 4. The van der Waals surface area contributed by atoms with Crippen molar-refractivity contribution in [1.82, 2.24) is 4.98 Å². The molecule has 4 aromatic carbocycles. The summed E-state index contributed by atoms with van der Waals surface area (Å²) in [6, 6.07) is 32.5. The van der Waals surface area contributed by atoms with Gasteiger partial charge in [0.05, 0.1) is 16.4 Å². The number of hydrogen-bond acceptors (Lipinski definition) is 5. The molecule has 0 radical (unpaired) electrons. The van der Waals surface area contributed by atoms with Crippen LogP contribution in [0, 0.1) is 12.3 Å². The minimum absolute atomic E-state index is 0.209. The van der Waals surface area contributed by atoms with Crippen molar-refractivity contribution in [3.05, 3.63) is 160 Å². The zero-order valence-electron chi connectivity index (χ0n) is 25.3. The Morgan fingerprint density at radius 2 is 1.34 bits per heavy atom. The summed E-state index contributed by atoms with van der Waals surface area (Å²) in [4.78, 5) is 31.0. The third-order valence-corrected chi connectivity index (χ3v) is 8.87. The first-order valence-corrected chi connectivity index (χ1v) is 14.9. The van der Waals surface area contributed by atoms with Crippen molar-refractivity contribution < 1.29 is 19.1 Å². The number of aromatic nitrogens is 1. The molecule has 1 heterocycles. The summed E-state index contributed by atoms with van der Waals surface area (Å²) in [6.07, 6.45) is 3.78. The maximum Gasteiger partial charge on any atom is 0.343 e. The Kier molecular flexibility index (Phi) is 6.51. The van der Waals surface area contributed by atoms with Crippen molar-refractivity contribution in [2.24, 2.45) is 5.41 Å². The average molecular weight is 580 g/mol. The van der Waals surface area contributed by atoms with Gasteiger partial charge in [0.1, 0.15) is 11.5 Å². The van der Waals surface area contributed by atoms with Gasteiger partial charge in [-0.25, -0.2) is 4.79 Å². The van der Waals surface area contributed by atoms with Gasteiger partial charge >= 0.3 is 11.9 Å². The average Bonchev–Trinajstić information content (AvgIpc) is 3.03. The van der Waals surface area contributed by atoms with E-state index >= 15 is 0 Å². The van der Waals surface area contributed by atoms with E-state index in [1.54, 1.807) is 36.7 Å². The number of pyridine rings is 1. The molecule has 0 saturated heterocycles. The molecule has 3 aliphatic rings. The van der Waals surface area contributed by atoms with Gasteiger partial charge in [-0.2, -0.15) is 0 Å². The van der Waals surface area contributed by atoms with E-state index < -0.39 is 16.8 Å². The lowest BCUT2D eigenvalue weighted by molar-refractivity contribution is -0.143. The highest BCUT2D eigenvalue weighted by Crippen LogP contribution is 2.64. The van der Waals surface area contributed by atoms with E-state index in [0.29, 0.717) is 23.5 Å². The summed E-state index contributed by atoms with van der Waals surface area (Å²) < 4.78 is 12.5. The molecular formula is C39H33NO4. The second-order valence-electron chi connectivity index (χ2n) is 12.8. The van der Waals surface area contributed by atoms with Gasteiger partial charge in [-0.1, -0.05) is 78.4 Å². The van der Waals surface area contributed by atoms with Crippen LogP contribution in [0.2, 0.25) is 0 Å². The predicted molar refractivity (Wildman–Crippen MR) is 169 cm³/mol. The summed E-state index contributed by atoms with van der Waals surface area (Å²) in [5, 5.41) is 0. The number of nitrogens with zero attached hydrogens (tertiary/aromatic N) is 1. The number of ether oxygens (including phenoxy) is 2. The fraction of sp³-hybridized carbons (Fsp3) is 0.205. The maximum atomic E-state index is 13.6. The lowest BCUT2D eigenvalue weighted by Crippen LogP contribution is -2.44. The minimum atomic E-state index is -0.718. The van der Waals surface area contributed by atoms with Crippen LogP contribution in [0.5, 0.6) is 11.5 Å². The molecule has 0 spiro atoms. The van der Waals surface area contributed by atoms with Crippen LogP contribution in [0.3, 0.4) is 0 Å². The van der Waals surface area contributed by atoms with Crippen LogP contribution in [-0.4, -0.2) is 16.9 Å². The molecule has 44 heavy (non-hydrogen) atoms. The number of carbonyl (C=O) groups is 2. The molecule has 1 aromatic heterocycles. The second-order valence-corrected chi connectivity index (χ2v) is 12.8. The molecule has 3 aliphatic carbocycles. The van der Waals surface area contributed by atoms with Crippen LogP contribution >= 0.6 is 0 Å². The monoisotopic (exact) mass is 579 g/mol. The van der Waals surface area contributed by atoms with Crippen LogP contribution in [0.25, 0.3) is 0 Å². The summed E-state index contributed by atoms with van der Waals surface area (Å²) in [6.45, 7) is 7.63. The van der Waals surface area contributed by atoms with Gasteiger partial charge in [0.2, 0.25) is 0 Å². The molecule has 0 unspecified atom stereocenters. The van der Waals surface area contributed by atoms with Crippen molar-refractivity contribution >= 4 is 11.9 Å². The number of aryl methyl sites for hydroxylation is 1. The van der Waals surface area contributed by atoms with Crippen LogP contribution in [0.15, 0.2) is 109 Å². The van der Waals surface area contributed by atoms with Crippen molar-refractivity contribution in [2.45, 2.75) is 45.4 Å². The molecule has 5 heteroatoms. The van der Waals surface area contributed by atoms with Gasteiger partial charge in [-0.3, -0.25) is 9.78 Å². The largest absolute Gasteiger partial charge is 0.426 e. The first-order chi connectivity index (χ1) is 21.2. The van der Waals surface area contributed by atoms with Gasteiger partial charge in [0.15, 0.2) is 0 Å². The Labute approximate surface area is 257 Å². The van der Waals surface area contributed by atoms with E-state index in [0.717, 1.165) is 38.9 Å². The number of rotatable bonds is 5.